The first-order valence-corrected chi connectivity index (χ1v) is 3.88. The standard InChI is InChI=1S/C7H11BF3.K/c1-6-2-3-7(4-6)5-8(9,10)11;/h5-6H,2-4H2,1H3;/q-1;+1/b7-5+;. The van der Waals surface area contributed by atoms with Crippen LogP contribution in [0.3, 0.4) is 0 Å². The van der Waals surface area contributed by atoms with Crippen LogP contribution in [0.1, 0.15) is 26.2 Å². The van der Waals surface area contributed by atoms with Gasteiger partial charge in [-0.3, -0.25) is 0 Å². The molecule has 1 unspecified atom stereocenters. The van der Waals surface area contributed by atoms with Crippen molar-refractivity contribution in [3.05, 3.63) is 11.5 Å². The van der Waals surface area contributed by atoms with Gasteiger partial charge in [0.2, 0.25) is 0 Å². The van der Waals surface area contributed by atoms with Gasteiger partial charge in [-0.1, -0.05) is 6.92 Å². The summed E-state index contributed by atoms with van der Waals surface area (Å²) in [5.41, 5.74) is 0.588. The van der Waals surface area contributed by atoms with Crippen LogP contribution in [-0.2, 0) is 0 Å². The molecule has 1 fully saturated rings. The average molecular weight is 202 g/mol. The van der Waals surface area contributed by atoms with Crippen LogP contribution in [-0.4, -0.2) is 6.98 Å². The molecule has 0 N–H and O–H groups in total. The Labute approximate surface area is 113 Å². The van der Waals surface area contributed by atoms with E-state index in [1.807, 2.05) is 6.92 Å². The van der Waals surface area contributed by atoms with Crippen LogP contribution in [0.5, 0.6) is 0 Å². The van der Waals surface area contributed by atoms with Gasteiger partial charge in [0.1, 0.15) is 0 Å². The largest absolute Gasteiger partial charge is 1.00 e. The van der Waals surface area contributed by atoms with Crippen molar-refractivity contribution >= 4 is 6.98 Å². The van der Waals surface area contributed by atoms with Gasteiger partial charge >= 0.3 is 58.4 Å². The summed E-state index contributed by atoms with van der Waals surface area (Å²) in [6.45, 7) is -2.71. The maximum absolute atomic E-state index is 11.8. The second-order valence-electron chi connectivity index (χ2n) is 3.30. The molecule has 1 atom stereocenters. The minimum absolute atomic E-state index is 0. The summed E-state index contributed by atoms with van der Waals surface area (Å²) in [6, 6.07) is 0. The minimum atomic E-state index is -4.70. The molecule has 5 heteroatoms. The van der Waals surface area contributed by atoms with E-state index >= 15 is 0 Å². The number of hydrogen-bond acceptors (Lipinski definition) is 0. The molecule has 0 amide bonds. The van der Waals surface area contributed by atoms with E-state index in [2.05, 4.69) is 0 Å². The molecule has 0 saturated heterocycles. The van der Waals surface area contributed by atoms with Crippen molar-refractivity contribution in [2.75, 3.05) is 0 Å². The Bertz CT molecular complexity index is 176. The van der Waals surface area contributed by atoms with Crippen LogP contribution in [0.25, 0.3) is 0 Å². The molecule has 0 radical (unpaired) electrons. The van der Waals surface area contributed by atoms with E-state index in [-0.39, 0.29) is 51.4 Å². The number of hydrogen-bond donors (Lipinski definition) is 0. The van der Waals surface area contributed by atoms with E-state index in [9.17, 15) is 12.9 Å². The van der Waals surface area contributed by atoms with Gasteiger partial charge in [0.25, 0.3) is 0 Å². The van der Waals surface area contributed by atoms with Crippen molar-refractivity contribution in [1.29, 1.82) is 0 Å². The van der Waals surface area contributed by atoms with Crippen molar-refractivity contribution in [2.45, 2.75) is 26.2 Å². The van der Waals surface area contributed by atoms with Gasteiger partial charge in [-0.05, 0) is 25.2 Å². The molecular formula is C7H11BF3K. The zero-order valence-corrected chi connectivity index (χ0v) is 10.6. The third-order valence-corrected chi connectivity index (χ3v) is 1.99. The minimum Gasteiger partial charge on any atom is -0.445 e. The molecule has 0 aromatic heterocycles. The van der Waals surface area contributed by atoms with E-state index in [1.165, 1.54) is 0 Å². The molecule has 0 nitrogen and oxygen atoms in total. The first-order chi connectivity index (χ1) is 4.97. The monoisotopic (exact) mass is 202 g/mol. The first kappa shape index (κ1) is 13.2. The maximum atomic E-state index is 11.8. The Morgan fingerprint density at radius 2 is 2.00 bits per heavy atom. The molecule has 0 bridgehead atoms. The number of allylic oxidation sites excluding steroid dienone is 1. The third kappa shape index (κ3) is 5.07. The van der Waals surface area contributed by atoms with Crippen LogP contribution in [0.2, 0.25) is 0 Å². The molecule has 1 saturated carbocycles. The fourth-order valence-corrected chi connectivity index (χ4v) is 1.50. The second kappa shape index (κ2) is 5.20. The van der Waals surface area contributed by atoms with Crippen molar-refractivity contribution in [2.24, 2.45) is 5.92 Å². The van der Waals surface area contributed by atoms with E-state index in [0.717, 1.165) is 6.42 Å². The predicted molar refractivity (Wildman–Crippen MR) is 40.2 cm³/mol. The molecule has 1 aliphatic rings. The zero-order chi connectivity index (χ0) is 8.48. The van der Waals surface area contributed by atoms with Crippen LogP contribution in [0.15, 0.2) is 11.5 Å². The molecule has 0 spiro atoms. The Balaban J connectivity index is 0.00000121. The van der Waals surface area contributed by atoms with Crippen molar-refractivity contribution in [1.82, 2.24) is 0 Å². The van der Waals surface area contributed by atoms with Gasteiger partial charge in [-0.2, -0.15) is 0 Å². The van der Waals surface area contributed by atoms with Crippen molar-refractivity contribution in [3.8, 4) is 0 Å². The van der Waals surface area contributed by atoms with Gasteiger partial charge in [-0.25, -0.2) is 0 Å². The van der Waals surface area contributed by atoms with Crippen LogP contribution in [0, 0.1) is 5.92 Å². The third-order valence-electron chi connectivity index (χ3n) is 1.99. The molecular weight excluding hydrogens is 191 g/mol. The number of rotatable bonds is 1. The summed E-state index contributed by atoms with van der Waals surface area (Å²) in [6.07, 6.45) is 2.20. The van der Waals surface area contributed by atoms with Crippen LogP contribution >= 0.6 is 0 Å². The summed E-state index contributed by atoms with van der Waals surface area (Å²) in [7, 11) is 0. The quantitative estimate of drug-likeness (QED) is 0.530. The maximum Gasteiger partial charge on any atom is 1.00 e. The molecule has 0 aromatic carbocycles. The van der Waals surface area contributed by atoms with Crippen LogP contribution < -0.4 is 51.4 Å². The SMILES string of the molecule is CC1CC/C(=C\[B-](F)(F)F)C1.[K+]. The topological polar surface area (TPSA) is 0 Å². The Hall–Kier alpha value is 1.23. The molecule has 12 heavy (non-hydrogen) atoms. The molecule has 0 aromatic rings. The van der Waals surface area contributed by atoms with E-state index in [0.29, 0.717) is 30.3 Å². The van der Waals surface area contributed by atoms with Crippen molar-refractivity contribution in [3.63, 3.8) is 0 Å². The van der Waals surface area contributed by atoms with E-state index in [4.69, 9.17) is 0 Å². The Morgan fingerprint density at radius 3 is 2.33 bits per heavy atom. The second-order valence-corrected chi connectivity index (χ2v) is 3.30. The van der Waals surface area contributed by atoms with Gasteiger partial charge < -0.3 is 12.9 Å². The molecule has 0 aliphatic heterocycles. The van der Waals surface area contributed by atoms with Crippen LogP contribution in [0.4, 0.5) is 12.9 Å². The Morgan fingerprint density at radius 1 is 1.42 bits per heavy atom. The fourth-order valence-electron chi connectivity index (χ4n) is 1.50. The van der Waals surface area contributed by atoms with Gasteiger partial charge in [-0.15, -0.1) is 11.5 Å². The number of halogens is 3. The van der Waals surface area contributed by atoms with Crippen molar-refractivity contribution < 1.29 is 64.3 Å². The van der Waals surface area contributed by atoms with E-state index in [1.54, 1.807) is 0 Å². The average Bonchev–Trinajstić information content (AvgIpc) is 2.10. The first-order valence-electron chi connectivity index (χ1n) is 3.88. The van der Waals surface area contributed by atoms with E-state index < -0.39 is 6.98 Å². The summed E-state index contributed by atoms with van der Waals surface area (Å²) < 4.78 is 35.5. The molecule has 1 rings (SSSR count). The normalized spacial score (nSPS) is 27.3. The summed E-state index contributed by atoms with van der Waals surface area (Å²) >= 11 is 0. The van der Waals surface area contributed by atoms with Gasteiger partial charge in [0, 0.05) is 0 Å². The fraction of sp³-hybridized carbons (Fsp3) is 0.714. The predicted octanol–water partition coefficient (Wildman–Crippen LogP) is 0.123. The Kier molecular flexibility index (Phi) is 5.73. The smallest absolute Gasteiger partial charge is 0.445 e. The summed E-state index contributed by atoms with van der Waals surface area (Å²) in [4.78, 5) is 0. The van der Waals surface area contributed by atoms with Gasteiger partial charge in [0.05, 0.1) is 0 Å². The summed E-state index contributed by atoms with van der Waals surface area (Å²) in [5, 5.41) is 0. The molecule has 64 valence electrons. The molecule has 1 aliphatic carbocycles. The van der Waals surface area contributed by atoms with Gasteiger partial charge in [0.15, 0.2) is 0 Å². The zero-order valence-electron chi connectivity index (χ0n) is 7.49. The summed E-state index contributed by atoms with van der Waals surface area (Å²) in [5.74, 6) is 0.961. The molecule has 0 heterocycles.